The van der Waals surface area contributed by atoms with Crippen LogP contribution in [0.4, 0.5) is 4.39 Å². The Morgan fingerprint density at radius 2 is 1.81 bits per heavy atom. The van der Waals surface area contributed by atoms with Crippen molar-refractivity contribution in [1.29, 1.82) is 0 Å². The van der Waals surface area contributed by atoms with Crippen LogP contribution < -0.4 is 11.3 Å². The summed E-state index contributed by atoms with van der Waals surface area (Å²) in [5, 5.41) is 0. The molecule has 3 rings (SSSR count). The highest BCUT2D eigenvalue weighted by Gasteiger charge is 2.24. The summed E-state index contributed by atoms with van der Waals surface area (Å²) in [5.74, 6) is 6.26. The van der Waals surface area contributed by atoms with Crippen LogP contribution in [0.25, 0.3) is 0 Å². The molecule has 0 amide bonds. The zero-order valence-electron chi connectivity index (χ0n) is 12.1. The Balaban J connectivity index is 1.84. The Morgan fingerprint density at radius 3 is 2.43 bits per heavy atom. The third kappa shape index (κ3) is 3.14. The second kappa shape index (κ2) is 6.37. The molecule has 1 aliphatic carbocycles. The molecular weight excluding hydrogens is 263 g/mol. The molecule has 1 atom stereocenters. The van der Waals surface area contributed by atoms with Crippen molar-refractivity contribution < 1.29 is 4.39 Å². The van der Waals surface area contributed by atoms with Gasteiger partial charge in [-0.25, -0.2) is 4.39 Å². The van der Waals surface area contributed by atoms with Gasteiger partial charge in [0, 0.05) is 0 Å². The fraction of sp³-hybridized carbons (Fsp3) is 0.333. The maximum atomic E-state index is 13.0. The maximum absolute atomic E-state index is 13.0. The first kappa shape index (κ1) is 14.2. The number of rotatable bonds is 5. The average Bonchev–Trinajstić information content (AvgIpc) is 2.46. The third-order valence-corrected chi connectivity index (χ3v) is 4.47. The van der Waals surface area contributed by atoms with Crippen LogP contribution in [0.1, 0.15) is 47.9 Å². The Morgan fingerprint density at radius 1 is 1.10 bits per heavy atom. The highest BCUT2D eigenvalue weighted by molar-refractivity contribution is 5.35. The molecule has 2 aromatic carbocycles. The van der Waals surface area contributed by atoms with Crippen LogP contribution in [0, 0.1) is 5.82 Å². The number of halogens is 1. The van der Waals surface area contributed by atoms with E-state index in [9.17, 15) is 4.39 Å². The van der Waals surface area contributed by atoms with Gasteiger partial charge in [0.2, 0.25) is 0 Å². The van der Waals surface area contributed by atoms with E-state index in [1.165, 1.54) is 42.5 Å². The van der Waals surface area contributed by atoms with E-state index in [0.717, 1.165) is 12.0 Å². The van der Waals surface area contributed by atoms with E-state index in [-0.39, 0.29) is 11.9 Å². The number of nitrogens with two attached hydrogens (primary N) is 1. The molecule has 0 saturated heterocycles. The number of hydrogen-bond donors (Lipinski definition) is 2. The Kier molecular flexibility index (Phi) is 4.32. The van der Waals surface area contributed by atoms with Gasteiger partial charge >= 0.3 is 0 Å². The van der Waals surface area contributed by atoms with Gasteiger partial charge in [-0.05, 0) is 54.0 Å². The van der Waals surface area contributed by atoms with Crippen molar-refractivity contribution in [2.24, 2.45) is 5.84 Å². The monoisotopic (exact) mass is 284 g/mol. The zero-order valence-corrected chi connectivity index (χ0v) is 12.1. The lowest BCUT2D eigenvalue weighted by molar-refractivity contribution is 0.411. The van der Waals surface area contributed by atoms with Crippen molar-refractivity contribution in [3.8, 4) is 0 Å². The summed E-state index contributed by atoms with van der Waals surface area (Å²) in [6.07, 6.45) is 4.62. The van der Waals surface area contributed by atoms with Crippen molar-refractivity contribution in [3.63, 3.8) is 0 Å². The molecule has 3 N–H and O–H groups in total. The normalized spacial score (nSPS) is 16.5. The third-order valence-electron chi connectivity index (χ3n) is 4.47. The largest absolute Gasteiger partial charge is 0.271 e. The smallest absolute Gasteiger partial charge is 0.123 e. The average molecular weight is 284 g/mol. The maximum Gasteiger partial charge on any atom is 0.123 e. The summed E-state index contributed by atoms with van der Waals surface area (Å²) < 4.78 is 13.0. The lowest BCUT2D eigenvalue weighted by Crippen LogP contribution is -2.31. The number of nitrogens with one attached hydrogen (secondary N) is 1. The molecule has 1 aliphatic rings. The van der Waals surface area contributed by atoms with Gasteiger partial charge < -0.3 is 0 Å². The van der Waals surface area contributed by atoms with E-state index in [1.807, 2.05) is 12.1 Å². The van der Waals surface area contributed by atoms with Crippen LogP contribution in [-0.2, 0) is 6.42 Å². The first-order valence-corrected chi connectivity index (χ1v) is 7.57. The Labute approximate surface area is 125 Å². The predicted molar refractivity (Wildman–Crippen MR) is 83.2 cm³/mol. The lowest BCUT2D eigenvalue weighted by Gasteiger charge is -2.30. The van der Waals surface area contributed by atoms with Crippen LogP contribution in [0.15, 0.2) is 48.5 Å². The van der Waals surface area contributed by atoms with Gasteiger partial charge in [-0.2, -0.15) is 0 Å². The predicted octanol–water partition coefficient (Wildman–Crippen LogP) is 3.84. The van der Waals surface area contributed by atoms with Gasteiger partial charge in [0.1, 0.15) is 5.82 Å². The molecule has 0 aromatic heterocycles. The summed E-state index contributed by atoms with van der Waals surface area (Å²) in [6, 6.07) is 15.2. The molecular formula is C18H21FN2. The minimum atomic E-state index is -0.203. The van der Waals surface area contributed by atoms with E-state index in [2.05, 4.69) is 29.7 Å². The molecule has 2 nitrogen and oxygen atoms in total. The van der Waals surface area contributed by atoms with Gasteiger partial charge in [0.15, 0.2) is 0 Å². The molecule has 0 heterocycles. The quantitative estimate of drug-likeness (QED) is 0.646. The summed E-state index contributed by atoms with van der Waals surface area (Å²) >= 11 is 0. The van der Waals surface area contributed by atoms with E-state index < -0.39 is 0 Å². The zero-order chi connectivity index (χ0) is 14.7. The SMILES string of the molecule is NNC(Cc1ccc(F)cc1)c1ccccc1C1CCC1. The van der Waals surface area contributed by atoms with Crippen molar-refractivity contribution in [3.05, 3.63) is 71.0 Å². The summed E-state index contributed by atoms with van der Waals surface area (Å²) in [5.41, 5.74) is 6.70. The topological polar surface area (TPSA) is 38.0 Å². The van der Waals surface area contributed by atoms with E-state index in [1.54, 1.807) is 0 Å². The van der Waals surface area contributed by atoms with E-state index in [0.29, 0.717) is 5.92 Å². The van der Waals surface area contributed by atoms with Gasteiger partial charge in [-0.15, -0.1) is 0 Å². The van der Waals surface area contributed by atoms with Gasteiger partial charge in [-0.1, -0.05) is 42.8 Å². The molecule has 1 unspecified atom stereocenters. The molecule has 0 radical (unpaired) electrons. The molecule has 1 saturated carbocycles. The summed E-state index contributed by atoms with van der Waals surface area (Å²) in [7, 11) is 0. The molecule has 0 spiro atoms. The molecule has 21 heavy (non-hydrogen) atoms. The molecule has 110 valence electrons. The van der Waals surface area contributed by atoms with Crippen LogP contribution in [-0.4, -0.2) is 0 Å². The van der Waals surface area contributed by atoms with Crippen LogP contribution in [0.2, 0.25) is 0 Å². The minimum Gasteiger partial charge on any atom is -0.271 e. The first-order chi connectivity index (χ1) is 10.3. The van der Waals surface area contributed by atoms with Crippen LogP contribution in [0.3, 0.4) is 0 Å². The van der Waals surface area contributed by atoms with Crippen molar-refractivity contribution in [1.82, 2.24) is 5.43 Å². The Hall–Kier alpha value is -1.71. The number of hydrogen-bond acceptors (Lipinski definition) is 2. The Bertz CT molecular complexity index is 590. The first-order valence-electron chi connectivity index (χ1n) is 7.57. The van der Waals surface area contributed by atoms with Gasteiger partial charge in [0.25, 0.3) is 0 Å². The minimum absolute atomic E-state index is 0.0623. The van der Waals surface area contributed by atoms with Crippen molar-refractivity contribution in [2.45, 2.75) is 37.6 Å². The highest BCUT2D eigenvalue weighted by Crippen LogP contribution is 2.39. The van der Waals surface area contributed by atoms with E-state index in [4.69, 9.17) is 5.84 Å². The summed E-state index contributed by atoms with van der Waals surface area (Å²) in [6.45, 7) is 0. The molecule has 0 bridgehead atoms. The molecule has 2 aromatic rings. The summed E-state index contributed by atoms with van der Waals surface area (Å²) in [4.78, 5) is 0. The second-order valence-corrected chi connectivity index (χ2v) is 5.81. The van der Waals surface area contributed by atoms with Crippen LogP contribution >= 0.6 is 0 Å². The second-order valence-electron chi connectivity index (χ2n) is 5.81. The van der Waals surface area contributed by atoms with Crippen LogP contribution in [0.5, 0.6) is 0 Å². The highest BCUT2D eigenvalue weighted by atomic mass is 19.1. The van der Waals surface area contributed by atoms with Crippen molar-refractivity contribution >= 4 is 0 Å². The fourth-order valence-corrected chi connectivity index (χ4v) is 3.03. The molecule has 0 aliphatic heterocycles. The molecule has 1 fully saturated rings. The fourth-order valence-electron chi connectivity index (χ4n) is 3.03. The molecule has 3 heteroatoms. The van der Waals surface area contributed by atoms with Gasteiger partial charge in [-0.3, -0.25) is 11.3 Å². The lowest BCUT2D eigenvalue weighted by atomic mass is 9.76. The number of hydrazine groups is 1. The standard InChI is InChI=1S/C18H21FN2/c19-15-10-8-13(9-11-15)12-18(21-20)17-7-2-1-6-16(17)14-4-3-5-14/h1-2,6-11,14,18,21H,3-5,12,20H2. The van der Waals surface area contributed by atoms with E-state index >= 15 is 0 Å². The van der Waals surface area contributed by atoms with Crippen molar-refractivity contribution in [2.75, 3.05) is 0 Å². The van der Waals surface area contributed by atoms with Gasteiger partial charge in [0.05, 0.1) is 6.04 Å². The number of benzene rings is 2.